The normalized spacial score (nSPS) is 10.7. The molecule has 0 radical (unpaired) electrons. The Bertz CT molecular complexity index is 1310. The number of fused-ring (bicyclic) bond motifs is 1. The van der Waals surface area contributed by atoms with Gasteiger partial charge in [0.2, 0.25) is 0 Å². The quantitative estimate of drug-likeness (QED) is 0.380. The van der Waals surface area contributed by atoms with Crippen molar-refractivity contribution in [2.75, 3.05) is 17.7 Å². The van der Waals surface area contributed by atoms with Crippen molar-refractivity contribution < 1.29 is 19.4 Å². The second-order valence-electron chi connectivity index (χ2n) is 7.52. The molecule has 1 amide bonds. The van der Waals surface area contributed by atoms with Crippen molar-refractivity contribution >= 4 is 29.0 Å². The summed E-state index contributed by atoms with van der Waals surface area (Å²) in [5.41, 5.74) is 3.86. The fraction of sp³-hybridized carbons (Fsp3) is 0.167. The molecule has 0 bridgehead atoms. The predicted molar refractivity (Wildman–Crippen MR) is 124 cm³/mol. The Labute approximate surface area is 190 Å². The number of methoxy groups -OCH3 is 1. The van der Waals surface area contributed by atoms with E-state index in [4.69, 9.17) is 9.84 Å². The highest BCUT2D eigenvalue weighted by molar-refractivity contribution is 6.03. The minimum atomic E-state index is -0.936. The molecule has 9 heteroatoms. The van der Waals surface area contributed by atoms with Gasteiger partial charge in [0.05, 0.1) is 19.7 Å². The molecule has 0 unspecified atom stereocenters. The van der Waals surface area contributed by atoms with Crippen LogP contribution in [0.3, 0.4) is 0 Å². The van der Waals surface area contributed by atoms with Crippen LogP contribution in [-0.2, 0) is 17.8 Å². The first-order chi connectivity index (χ1) is 15.9. The van der Waals surface area contributed by atoms with Gasteiger partial charge in [-0.05, 0) is 53.9 Å². The van der Waals surface area contributed by atoms with Crippen molar-refractivity contribution in [2.45, 2.75) is 19.9 Å². The Morgan fingerprint density at radius 2 is 1.88 bits per heavy atom. The van der Waals surface area contributed by atoms with Crippen LogP contribution in [0.25, 0.3) is 5.65 Å². The first-order valence-electron chi connectivity index (χ1n) is 10.3. The molecule has 0 aliphatic carbocycles. The number of aromatic nitrogens is 3. The Hall–Kier alpha value is -4.40. The number of anilines is 2. The zero-order valence-corrected chi connectivity index (χ0v) is 18.2. The van der Waals surface area contributed by atoms with E-state index in [1.165, 1.54) is 10.7 Å². The first kappa shape index (κ1) is 21.8. The second kappa shape index (κ2) is 9.39. The molecule has 4 rings (SSSR count). The van der Waals surface area contributed by atoms with E-state index in [1.54, 1.807) is 31.4 Å². The number of nitrogens with zero attached hydrogens (tertiary/aromatic N) is 3. The summed E-state index contributed by atoms with van der Waals surface area (Å²) >= 11 is 0. The number of imidazole rings is 1. The van der Waals surface area contributed by atoms with Crippen molar-refractivity contribution in [2.24, 2.45) is 0 Å². The Morgan fingerprint density at radius 3 is 2.61 bits per heavy atom. The van der Waals surface area contributed by atoms with Gasteiger partial charge in [-0.1, -0.05) is 24.3 Å². The number of ether oxygens (including phenoxy) is 1. The van der Waals surface area contributed by atoms with Crippen molar-refractivity contribution in [1.29, 1.82) is 0 Å². The number of carbonyl (C=O) groups excluding carboxylic acids is 1. The number of carboxylic acids is 1. The number of hydrogen-bond donors (Lipinski definition) is 3. The molecule has 0 atom stereocenters. The molecular weight excluding hydrogens is 422 g/mol. The van der Waals surface area contributed by atoms with Gasteiger partial charge in [-0.3, -0.25) is 9.59 Å². The van der Waals surface area contributed by atoms with Gasteiger partial charge >= 0.3 is 5.97 Å². The van der Waals surface area contributed by atoms with E-state index < -0.39 is 11.9 Å². The van der Waals surface area contributed by atoms with Gasteiger partial charge < -0.3 is 20.5 Å². The van der Waals surface area contributed by atoms with Gasteiger partial charge in [-0.25, -0.2) is 9.50 Å². The number of hydrogen-bond acceptors (Lipinski definition) is 6. The van der Waals surface area contributed by atoms with E-state index in [-0.39, 0.29) is 12.1 Å². The maximum Gasteiger partial charge on any atom is 0.307 e. The highest BCUT2D eigenvalue weighted by atomic mass is 16.5. The molecule has 9 nitrogen and oxygen atoms in total. The van der Waals surface area contributed by atoms with Crippen LogP contribution in [-0.4, -0.2) is 38.7 Å². The van der Waals surface area contributed by atoms with E-state index in [2.05, 4.69) is 20.7 Å². The molecule has 2 aromatic heterocycles. The van der Waals surface area contributed by atoms with Gasteiger partial charge in [0, 0.05) is 12.2 Å². The lowest BCUT2D eigenvalue weighted by Crippen LogP contribution is -2.16. The fourth-order valence-electron chi connectivity index (χ4n) is 3.39. The van der Waals surface area contributed by atoms with Crippen molar-refractivity contribution in [3.05, 3.63) is 83.2 Å². The minimum absolute atomic E-state index is 0.122. The highest BCUT2D eigenvalue weighted by Gasteiger charge is 2.16. The van der Waals surface area contributed by atoms with Gasteiger partial charge in [0.15, 0.2) is 11.3 Å². The van der Waals surface area contributed by atoms with Crippen LogP contribution in [0.4, 0.5) is 11.5 Å². The average molecular weight is 445 g/mol. The molecule has 168 valence electrons. The fourth-order valence-corrected chi connectivity index (χ4v) is 3.39. The number of aryl methyl sites for hydroxylation is 1. The van der Waals surface area contributed by atoms with Gasteiger partial charge in [0.25, 0.3) is 5.91 Å². The summed E-state index contributed by atoms with van der Waals surface area (Å²) in [6, 6.07) is 16.3. The molecule has 0 saturated heterocycles. The van der Waals surface area contributed by atoms with Gasteiger partial charge in [-0.2, -0.15) is 0 Å². The molecule has 0 spiro atoms. The molecule has 0 aliphatic heterocycles. The Morgan fingerprint density at radius 1 is 1.09 bits per heavy atom. The molecule has 4 aromatic rings. The summed E-state index contributed by atoms with van der Waals surface area (Å²) < 4.78 is 6.67. The molecule has 0 aliphatic rings. The van der Waals surface area contributed by atoms with Crippen LogP contribution in [0.5, 0.6) is 5.75 Å². The van der Waals surface area contributed by atoms with E-state index in [0.29, 0.717) is 29.3 Å². The van der Waals surface area contributed by atoms with Crippen LogP contribution in [0.2, 0.25) is 0 Å². The Balaban J connectivity index is 1.53. The van der Waals surface area contributed by atoms with Crippen molar-refractivity contribution in [1.82, 2.24) is 14.6 Å². The minimum Gasteiger partial charge on any atom is -0.497 e. The number of nitrogens with one attached hydrogen (secondary N) is 2. The zero-order valence-electron chi connectivity index (χ0n) is 18.2. The summed E-state index contributed by atoms with van der Waals surface area (Å²) in [6.07, 6.45) is 1.34. The summed E-state index contributed by atoms with van der Waals surface area (Å²) in [4.78, 5) is 28.1. The van der Waals surface area contributed by atoms with Crippen LogP contribution in [0.15, 0.2) is 60.8 Å². The lowest BCUT2D eigenvalue weighted by atomic mass is 10.1. The molecule has 2 aromatic carbocycles. The lowest BCUT2D eigenvalue weighted by molar-refractivity contribution is -0.136. The van der Waals surface area contributed by atoms with Crippen LogP contribution < -0.4 is 15.4 Å². The molecular formula is C24H23N5O4. The van der Waals surface area contributed by atoms with Crippen molar-refractivity contribution in [3.8, 4) is 5.75 Å². The van der Waals surface area contributed by atoms with Crippen molar-refractivity contribution in [3.63, 3.8) is 0 Å². The van der Waals surface area contributed by atoms with E-state index in [0.717, 1.165) is 16.9 Å². The van der Waals surface area contributed by atoms with Crippen LogP contribution >= 0.6 is 0 Å². The molecule has 33 heavy (non-hydrogen) atoms. The third-order valence-electron chi connectivity index (χ3n) is 5.08. The van der Waals surface area contributed by atoms with E-state index in [9.17, 15) is 9.59 Å². The largest absolute Gasteiger partial charge is 0.497 e. The number of carboxylic acid groups (broad SMARTS) is 1. The Kier molecular flexibility index (Phi) is 6.21. The topological polar surface area (TPSA) is 118 Å². The van der Waals surface area contributed by atoms with Crippen LogP contribution in [0.1, 0.15) is 27.2 Å². The zero-order chi connectivity index (χ0) is 23.4. The molecule has 3 N–H and O–H groups in total. The summed E-state index contributed by atoms with van der Waals surface area (Å²) in [5, 5.41) is 19.7. The molecule has 0 fully saturated rings. The third kappa shape index (κ3) is 5.09. The number of amides is 1. The summed E-state index contributed by atoms with van der Waals surface area (Å²) in [6.45, 7) is 2.47. The lowest BCUT2D eigenvalue weighted by Gasteiger charge is -2.11. The number of aliphatic carboxylic acids is 1. The summed E-state index contributed by atoms with van der Waals surface area (Å²) in [5.74, 6) is 0.0906. The van der Waals surface area contributed by atoms with Gasteiger partial charge in [-0.15, -0.1) is 5.10 Å². The number of benzene rings is 2. The molecule has 2 heterocycles. The molecule has 0 saturated carbocycles. The number of carbonyl (C=O) groups is 2. The smallest absolute Gasteiger partial charge is 0.307 e. The maximum absolute atomic E-state index is 12.9. The summed E-state index contributed by atoms with van der Waals surface area (Å²) in [7, 11) is 1.63. The SMILES string of the molecule is COc1ccc(CNc2nn3c(C(=O)Nc4cccc(CC(=O)O)c4)cnc3cc2C)cc1. The maximum atomic E-state index is 12.9. The van der Waals surface area contributed by atoms with E-state index >= 15 is 0 Å². The van der Waals surface area contributed by atoms with Crippen LogP contribution in [0, 0.1) is 6.92 Å². The standard InChI is InChI=1S/C24H23N5O4/c1-15-10-21-25-14-20(24(32)27-18-5-3-4-17(11-18)12-22(30)31)29(21)28-23(15)26-13-16-6-8-19(33-2)9-7-16/h3-11,14H,12-13H2,1-2H3,(H,26,28)(H,27,32)(H,30,31). The highest BCUT2D eigenvalue weighted by Crippen LogP contribution is 2.19. The monoisotopic (exact) mass is 445 g/mol. The third-order valence-corrected chi connectivity index (χ3v) is 5.08. The second-order valence-corrected chi connectivity index (χ2v) is 7.52. The average Bonchev–Trinajstić information content (AvgIpc) is 3.20. The van der Waals surface area contributed by atoms with Gasteiger partial charge in [0.1, 0.15) is 11.6 Å². The van der Waals surface area contributed by atoms with E-state index in [1.807, 2.05) is 37.3 Å². The number of rotatable bonds is 8. The predicted octanol–water partition coefficient (Wildman–Crippen LogP) is 3.54. The first-order valence-corrected chi connectivity index (χ1v) is 10.3.